The highest BCUT2D eigenvalue weighted by atomic mass is 19.1. The zero-order chi connectivity index (χ0) is 11.0. The van der Waals surface area contributed by atoms with Crippen LogP contribution in [0, 0.1) is 17.7 Å². The summed E-state index contributed by atoms with van der Waals surface area (Å²) in [7, 11) is 0. The Morgan fingerprint density at radius 2 is 1.80 bits per heavy atom. The number of halogens is 1. The standard InChI is InChI=1S/C11H9FO3/c12-7-3-1-6(2-4-7)10(13)8-5-9(8)11(14)15/h1-4,8-9H,5H2,(H,14,15)/t8-,9+/m1/s1. The van der Waals surface area contributed by atoms with Gasteiger partial charge in [-0.1, -0.05) is 0 Å². The molecule has 0 aliphatic heterocycles. The quantitative estimate of drug-likeness (QED) is 0.769. The highest BCUT2D eigenvalue weighted by Crippen LogP contribution is 2.41. The molecule has 0 radical (unpaired) electrons. The van der Waals surface area contributed by atoms with E-state index < -0.39 is 23.6 Å². The van der Waals surface area contributed by atoms with E-state index >= 15 is 0 Å². The van der Waals surface area contributed by atoms with E-state index in [1.807, 2.05) is 0 Å². The third-order valence-electron chi connectivity index (χ3n) is 2.57. The lowest BCUT2D eigenvalue weighted by Gasteiger charge is -1.98. The number of carboxylic acids is 1. The molecule has 1 saturated carbocycles. The first-order chi connectivity index (χ1) is 7.09. The van der Waals surface area contributed by atoms with Crippen molar-refractivity contribution in [3.8, 4) is 0 Å². The third kappa shape index (κ3) is 1.88. The summed E-state index contributed by atoms with van der Waals surface area (Å²) in [6, 6.07) is 5.17. The average Bonchev–Trinajstić information content (AvgIpc) is 2.97. The minimum atomic E-state index is -0.935. The number of rotatable bonds is 3. The van der Waals surface area contributed by atoms with Crippen LogP contribution in [0.25, 0.3) is 0 Å². The van der Waals surface area contributed by atoms with E-state index in [1.54, 1.807) is 0 Å². The van der Waals surface area contributed by atoms with Gasteiger partial charge in [0.25, 0.3) is 0 Å². The zero-order valence-electron chi connectivity index (χ0n) is 7.81. The number of aliphatic carboxylic acids is 1. The van der Waals surface area contributed by atoms with Crippen molar-refractivity contribution >= 4 is 11.8 Å². The van der Waals surface area contributed by atoms with Crippen LogP contribution in [-0.2, 0) is 4.79 Å². The molecule has 0 bridgehead atoms. The van der Waals surface area contributed by atoms with E-state index in [0.29, 0.717) is 12.0 Å². The summed E-state index contributed by atoms with van der Waals surface area (Å²) in [4.78, 5) is 22.2. The van der Waals surface area contributed by atoms with Crippen LogP contribution in [0.2, 0.25) is 0 Å². The minimum Gasteiger partial charge on any atom is -0.481 e. The molecule has 0 heterocycles. The average molecular weight is 208 g/mol. The van der Waals surface area contributed by atoms with E-state index in [9.17, 15) is 14.0 Å². The Balaban J connectivity index is 2.10. The molecule has 0 amide bonds. The van der Waals surface area contributed by atoms with Crippen LogP contribution >= 0.6 is 0 Å². The van der Waals surface area contributed by atoms with Gasteiger partial charge >= 0.3 is 5.97 Å². The summed E-state index contributed by atoms with van der Waals surface area (Å²) < 4.78 is 12.6. The first-order valence-corrected chi connectivity index (χ1v) is 4.62. The molecule has 78 valence electrons. The maximum atomic E-state index is 12.6. The van der Waals surface area contributed by atoms with E-state index in [2.05, 4.69) is 0 Å². The molecule has 0 saturated heterocycles. The van der Waals surface area contributed by atoms with Gasteiger partial charge in [-0.05, 0) is 30.7 Å². The molecule has 0 aromatic heterocycles. The molecule has 1 aliphatic carbocycles. The fourth-order valence-electron chi connectivity index (χ4n) is 1.59. The van der Waals surface area contributed by atoms with Crippen molar-refractivity contribution in [1.29, 1.82) is 0 Å². The van der Waals surface area contributed by atoms with Crippen molar-refractivity contribution in [2.24, 2.45) is 11.8 Å². The Bertz CT molecular complexity index is 410. The number of carbonyl (C=O) groups is 2. The summed E-state index contributed by atoms with van der Waals surface area (Å²) in [5.41, 5.74) is 0.380. The van der Waals surface area contributed by atoms with E-state index in [4.69, 9.17) is 5.11 Å². The van der Waals surface area contributed by atoms with Crippen LogP contribution in [0.5, 0.6) is 0 Å². The summed E-state index contributed by atoms with van der Waals surface area (Å²) in [6.07, 6.45) is 0.394. The van der Waals surface area contributed by atoms with Crippen molar-refractivity contribution in [2.45, 2.75) is 6.42 Å². The molecule has 0 unspecified atom stereocenters. The van der Waals surface area contributed by atoms with Crippen molar-refractivity contribution < 1.29 is 19.1 Å². The van der Waals surface area contributed by atoms with Crippen molar-refractivity contribution in [3.63, 3.8) is 0 Å². The molecular weight excluding hydrogens is 199 g/mol. The van der Waals surface area contributed by atoms with Gasteiger partial charge in [-0.25, -0.2) is 4.39 Å². The molecule has 2 atom stereocenters. The van der Waals surface area contributed by atoms with Crippen LogP contribution in [0.1, 0.15) is 16.8 Å². The summed E-state index contributed by atoms with van der Waals surface area (Å²) in [5.74, 6) is -2.52. The fraction of sp³-hybridized carbons (Fsp3) is 0.273. The molecule has 1 aromatic rings. The maximum absolute atomic E-state index is 12.6. The number of hydrogen-bond donors (Lipinski definition) is 1. The van der Waals surface area contributed by atoms with Crippen LogP contribution in [0.3, 0.4) is 0 Å². The van der Waals surface area contributed by atoms with Crippen molar-refractivity contribution in [3.05, 3.63) is 35.6 Å². The number of hydrogen-bond acceptors (Lipinski definition) is 2. The van der Waals surface area contributed by atoms with Gasteiger partial charge in [0.1, 0.15) is 5.82 Å². The van der Waals surface area contributed by atoms with Crippen LogP contribution < -0.4 is 0 Å². The molecule has 1 aromatic carbocycles. The van der Waals surface area contributed by atoms with Gasteiger partial charge < -0.3 is 5.11 Å². The van der Waals surface area contributed by atoms with Gasteiger partial charge in [-0.3, -0.25) is 9.59 Å². The highest BCUT2D eigenvalue weighted by molar-refractivity contribution is 6.02. The van der Waals surface area contributed by atoms with Gasteiger partial charge in [0.05, 0.1) is 5.92 Å². The summed E-state index contributed by atoms with van der Waals surface area (Å²) >= 11 is 0. The monoisotopic (exact) mass is 208 g/mol. The van der Waals surface area contributed by atoms with E-state index in [1.165, 1.54) is 24.3 Å². The molecule has 15 heavy (non-hydrogen) atoms. The lowest BCUT2D eigenvalue weighted by atomic mass is 10.1. The van der Waals surface area contributed by atoms with Gasteiger partial charge in [0, 0.05) is 11.5 Å². The molecule has 1 N–H and O–H groups in total. The van der Waals surface area contributed by atoms with E-state index in [0.717, 1.165) is 0 Å². The number of carbonyl (C=O) groups excluding carboxylic acids is 1. The molecule has 2 rings (SSSR count). The first kappa shape index (κ1) is 9.83. The highest BCUT2D eigenvalue weighted by Gasteiger charge is 2.48. The van der Waals surface area contributed by atoms with Crippen LogP contribution in [-0.4, -0.2) is 16.9 Å². The molecule has 4 heteroatoms. The maximum Gasteiger partial charge on any atom is 0.307 e. The topological polar surface area (TPSA) is 54.4 Å². The Hall–Kier alpha value is -1.71. The summed E-state index contributed by atoms with van der Waals surface area (Å²) in [6.45, 7) is 0. The summed E-state index contributed by atoms with van der Waals surface area (Å²) in [5, 5.41) is 8.65. The van der Waals surface area contributed by atoms with Crippen molar-refractivity contribution in [1.82, 2.24) is 0 Å². The third-order valence-corrected chi connectivity index (χ3v) is 2.57. The van der Waals surface area contributed by atoms with Gasteiger partial charge in [-0.15, -0.1) is 0 Å². The number of ketones is 1. The SMILES string of the molecule is O=C(O)[C@H]1C[C@H]1C(=O)c1ccc(F)cc1. The second kappa shape index (κ2) is 3.46. The Morgan fingerprint density at radius 1 is 1.20 bits per heavy atom. The lowest BCUT2D eigenvalue weighted by Crippen LogP contribution is -2.08. The lowest BCUT2D eigenvalue weighted by molar-refractivity contribution is -0.138. The Morgan fingerprint density at radius 3 is 2.27 bits per heavy atom. The van der Waals surface area contributed by atoms with Gasteiger partial charge in [0.2, 0.25) is 0 Å². The molecule has 1 aliphatic rings. The van der Waals surface area contributed by atoms with E-state index in [-0.39, 0.29) is 5.78 Å². The minimum absolute atomic E-state index is 0.206. The normalized spacial score (nSPS) is 23.5. The molecular formula is C11H9FO3. The number of Topliss-reactive ketones (excluding diaryl/α,β-unsaturated/α-hetero) is 1. The predicted octanol–water partition coefficient (Wildman–Crippen LogP) is 1.73. The number of carboxylic acid groups (broad SMARTS) is 1. The van der Waals surface area contributed by atoms with Gasteiger partial charge in [-0.2, -0.15) is 0 Å². The second-order valence-corrected chi connectivity index (χ2v) is 3.66. The largest absolute Gasteiger partial charge is 0.481 e. The number of benzene rings is 1. The van der Waals surface area contributed by atoms with Crippen LogP contribution in [0.15, 0.2) is 24.3 Å². The molecule has 3 nitrogen and oxygen atoms in total. The second-order valence-electron chi connectivity index (χ2n) is 3.66. The predicted molar refractivity (Wildman–Crippen MR) is 50.0 cm³/mol. The molecule has 0 spiro atoms. The molecule has 1 fully saturated rings. The smallest absolute Gasteiger partial charge is 0.307 e. The Labute approximate surface area is 85.5 Å². The van der Waals surface area contributed by atoms with Gasteiger partial charge in [0.15, 0.2) is 5.78 Å². The fourth-order valence-corrected chi connectivity index (χ4v) is 1.59. The Kier molecular flexibility index (Phi) is 2.26. The zero-order valence-corrected chi connectivity index (χ0v) is 7.81. The van der Waals surface area contributed by atoms with Crippen LogP contribution in [0.4, 0.5) is 4.39 Å². The first-order valence-electron chi connectivity index (χ1n) is 4.62. The van der Waals surface area contributed by atoms with Crippen molar-refractivity contribution in [2.75, 3.05) is 0 Å².